The number of methoxy groups -OCH3 is 1. The average molecular weight is 240 g/mol. The minimum absolute atomic E-state index is 0.0693. The third-order valence-corrected chi connectivity index (χ3v) is 2.05. The highest BCUT2D eigenvalue weighted by atomic mass is 35.5. The number of amides is 1. The van der Waals surface area contributed by atoms with E-state index in [0.717, 1.165) is 5.56 Å². The Hall–Kier alpha value is -1.81. The van der Waals surface area contributed by atoms with Crippen LogP contribution in [0.25, 0.3) is 6.08 Å². The van der Waals surface area contributed by atoms with Crippen molar-refractivity contribution in [1.29, 1.82) is 0 Å². The lowest BCUT2D eigenvalue weighted by molar-refractivity contribution is -0.137. The zero-order chi connectivity index (χ0) is 12.0. The second-order valence-electron chi connectivity index (χ2n) is 2.86. The lowest BCUT2D eigenvalue weighted by atomic mass is 10.2. The van der Waals surface area contributed by atoms with Gasteiger partial charge in [0.15, 0.2) is 0 Å². The van der Waals surface area contributed by atoms with Gasteiger partial charge in [-0.3, -0.25) is 4.79 Å². The zero-order valence-electron chi connectivity index (χ0n) is 8.57. The summed E-state index contributed by atoms with van der Waals surface area (Å²) in [6, 6.07) is 6.81. The van der Waals surface area contributed by atoms with E-state index in [-0.39, 0.29) is 5.70 Å². The number of hydrogen-bond acceptors (Lipinski definition) is 3. The summed E-state index contributed by atoms with van der Waals surface area (Å²) in [4.78, 5) is 21.5. The van der Waals surface area contributed by atoms with Gasteiger partial charge in [0.05, 0.1) is 7.11 Å². The van der Waals surface area contributed by atoms with E-state index in [1.54, 1.807) is 24.3 Å². The van der Waals surface area contributed by atoms with Gasteiger partial charge in [0, 0.05) is 5.02 Å². The van der Waals surface area contributed by atoms with E-state index in [9.17, 15) is 9.59 Å². The Morgan fingerprint density at radius 1 is 1.38 bits per heavy atom. The molecule has 0 unspecified atom stereocenters. The first kappa shape index (κ1) is 12.3. The first-order valence-electron chi connectivity index (χ1n) is 4.43. The molecule has 1 aromatic carbocycles. The van der Waals surface area contributed by atoms with Gasteiger partial charge in [-0.15, -0.1) is 0 Å². The van der Waals surface area contributed by atoms with Crippen molar-refractivity contribution in [2.24, 2.45) is 0 Å². The fourth-order valence-corrected chi connectivity index (χ4v) is 1.18. The third kappa shape index (κ3) is 3.40. The Morgan fingerprint density at radius 2 is 2.00 bits per heavy atom. The van der Waals surface area contributed by atoms with Gasteiger partial charge in [-0.05, 0) is 23.8 Å². The molecule has 0 saturated heterocycles. The van der Waals surface area contributed by atoms with E-state index in [4.69, 9.17) is 11.6 Å². The summed E-state index contributed by atoms with van der Waals surface area (Å²) >= 11 is 5.72. The lowest BCUT2D eigenvalue weighted by Crippen LogP contribution is -2.19. The summed E-state index contributed by atoms with van der Waals surface area (Å²) in [5.74, 6) is -0.609. The van der Waals surface area contributed by atoms with E-state index >= 15 is 0 Å². The molecule has 0 aliphatic rings. The van der Waals surface area contributed by atoms with Gasteiger partial charge < -0.3 is 10.1 Å². The van der Waals surface area contributed by atoms with Crippen LogP contribution in [0.15, 0.2) is 30.0 Å². The van der Waals surface area contributed by atoms with Crippen molar-refractivity contribution in [1.82, 2.24) is 5.32 Å². The number of benzene rings is 1. The Morgan fingerprint density at radius 3 is 2.50 bits per heavy atom. The molecule has 0 aromatic heterocycles. The number of nitrogens with one attached hydrogen (secondary N) is 1. The average Bonchev–Trinajstić information content (AvgIpc) is 2.30. The van der Waals surface area contributed by atoms with Gasteiger partial charge in [0.1, 0.15) is 5.70 Å². The fourth-order valence-electron chi connectivity index (χ4n) is 1.06. The van der Waals surface area contributed by atoms with Crippen LogP contribution in [-0.4, -0.2) is 19.5 Å². The van der Waals surface area contributed by atoms with Crippen LogP contribution >= 0.6 is 11.6 Å². The summed E-state index contributed by atoms with van der Waals surface area (Å²) in [5, 5.41) is 2.87. The number of hydrogen-bond donors (Lipinski definition) is 1. The molecule has 0 atom stereocenters. The predicted molar refractivity (Wildman–Crippen MR) is 60.6 cm³/mol. The van der Waals surface area contributed by atoms with Crippen LogP contribution in [0.2, 0.25) is 5.02 Å². The molecule has 1 amide bonds. The number of rotatable bonds is 4. The highest BCUT2D eigenvalue weighted by Gasteiger charge is 2.08. The minimum atomic E-state index is -0.609. The maximum absolute atomic E-state index is 11.2. The normalized spacial score (nSPS) is 10.8. The molecule has 1 aromatic rings. The number of esters is 1. The van der Waals surface area contributed by atoms with Gasteiger partial charge in [-0.25, -0.2) is 4.79 Å². The molecule has 0 radical (unpaired) electrons. The molecule has 1 rings (SSSR count). The van der Waals surface area contributed by atoms with Crippen LogP contribution in [-0.2, 0) is 14.3 Å². The highest BCUT2D eigenvalue weighted by Crippen LogP contribution is 2.12. The summed E-state index contributed by atoms with van der Waals surface area (Å²) in [6.45, 7) is 0. The smallest absolute Gasteiger partial charge is 0.354 e. The van der Waals surface area contributed by atoms with Crippen LogP contribution < -0.4 is 5.32 Å². The van der Waals surface area contributed by atoms with Gasteiger partial charge in [-0.2, -0.15) is 0 Å². The molecule has 0 fully saturated rings. The van der Waals surface area contributed by atoms with Crippen LogP contribution in [0.3, 0.4) is 0 Å². The Kier molecular flexibility index (Phi) is 4.54. The Balaban J connectivity index is 2.96. The molecule has 4 nitrogen and oxygen atoms in total. The van der Waals surface area contributed by atoms with E-state index in [1.807, 2.05) is 0 Å². The molecular weight excluding hydrogens is 230 g/mol. The monoisotopic (exact) mass is 239 g/mol. The van der Waals surface area contributed by atoms with Crippen molar-refractivity contribution >= 4 is 30.1 Å². The van der Waals surface area contributed by atoms with Crippen LogP contribution in [0.4, 0.5) is 0 Å². The molecule has 0 aliphatic carbocycles. The topological polar surface area (TPSA) is 55.4 Å². The first-order chi connectivity index (χ1) is 7.67. The summed E-state index contributed by atoms with van der Waals surface area (Å²) in [7, 11) is 1.24. The predicted octanol–water partition coefficient (Wildman–Crippen LogP) is 1.60. The zero-order valence-corrected chi connectivity index (χ0v) is 9.32. The molecular formula is C11H10ClNO3. The lowest BCUT2D eigenvalue weighted by Gasteiger charge is -2.03. The minimum Gasteiger partial charge on any atom is -0.464 e. The molecule has 0 bridgehead atoms. The Labute approximate surface area is 97.9 Å². The second-order valence-corrected chi connectivity index (χ2v) is 3.30. The first-order valence-corrected chi connectivity index (χ1v) is 4.81. The maximum Gasteiger partial charge on any atom is 0.354 e. The van der Waals surface area contributed by atoms with Gasteiger partial charge in [-0.1, -0.05) is 23.7 Å². The van der Waals surface area contributed by atoms with Crippen molar-refractivity contribution in [3.63, 3.8) is 0 Å². The molecule has 16 heavy (non-hydrogen) atoms. The van der Waals surface area contributed by atoms with Crippen molar-refractivity contribution in [3.8, 4) is 0 Å². The van der Waals surface area contributed by atoms with Crippen LogP contribution in [0.5, 0.6) is 0 Å². The Bertz CT molecular complexity index is 412. The molecule has 1 N–H and O–H groups in total. The van der Waals surface area contributed by atoms with Crippen molar-refractivity contribution < 1.29 is 14.3 Å². The largest absolute Gasteiger partial charge is 0.464 e. The fraction of sp³-hybridized carbons (Fsp3) is 0.0909. The molecule has 0 saturated carbocycles. The van der Waals surface area contributed by atoms with Crippen molar-refractivity contribution in [2.45, 2.75) is 0 Å². The molecule has 0 aliphatic heterocycles. The van der Waals surface area contributed by atoms with E-state index in [2.05, 4.69) is 10.1 Å². The number of ether oxygens (including phenoxy) is 1. The van der Waals surface area contributed by atoms with E-state index in [0.29, 0.717) is 11.4 Å². The summed E-state index contributed by atoms with van der Waals surface area (Å²) < 4.78 is 4.51. The standard InChI is InChI=1S/C11H10ClNO3/c1-16-11(15)10(13-7-14)6-8-2-4-9(12)5-3-8/h2-7H,1H3,(H,13,14). The van der Waals surface area contributed by atoms with Gasteiger partial charge >= 0.3 is 5.97 Å². The summed E-state index contributed by atoms with van der Waals surface area (Å²) in [5.41, 5.74) is 0.805. The third-order valence-electron chi connectivity index (χ3n) is 1.80. The maximum atomic E-state index is 11.2. The van der Waals surface area contributed by atoms with E-state index in [1.165, 1.54) is 13.2 Å². The molecule has 0 heterocycles. The number of halogens is 1. The van der Waals surface area contributed by atoms with Gasteiger partial charge in [0.2, 0.25) is 6.41 Å². The van der Waals surface area contributed by atoms with E-state index < -0.39 is 5.97 Å². The molecule has 5 heteroatoms. The quantitative estimate of drug-likeness (QED) is 0.493. The molecule has 84 valence electrons. The highest BCUT2D eigenvalue weighted by molar-refractivity contribution is 6.30. The van der Waals surface area contributed by atoms with Gasteiger partial charge in [0.25, 0.3) is 0 Å². The van der Waals surface area contributed by atoms with Crippen molar-refractivity contribution in [3.05, 3.63) is 40.5 Å². The second kappa shape index (κ2) is 5.92. The number of carbonyl (C=O) groups is 2. The summed E-state index contributed by atoms with van der Waals surface area (Å²) in [6.07, 6.45) is 1.91. The molecule has 0 spiro atoms. The van der Waals surface area contributed by atoms with Crippen LogP contribution in [0.1, 0.15) is 5.56 Å². The van der Waals surface area contributed by atoms with Crippen LogP contribution in [0, 0.1) is 0 Å². The number of carbonyl (C=O) groups excluding carboxylic acids is 2. The van der Waals surface area contributed by atoms with Crippen molar-refractivity contribution in [2.75, 3.05) is 7.11 Å². The SMILES string of the molecule is COC(=O)C(=Cc1ccc(Cl)cc1)NC=O.